The fourth-order valence-corrected chi connectivity index (χ4v) is 3.43. The Morgan fingerprint density at radius 1 is 1.04 bits per heavy atom. The lowest BCUT2D eigenvalue weighted by Gasteiger charge is -2.34. The van der Waals surface area contributed by atoms with E-state index in [0.29, 0.717) is 18.3 Å². The van der Waals surface area contributed by atoms with Crippen molar-refractivity contribution in [3.05, 3.63) is 71.9 Å². The molecule has 0 radical (unpaired) electrons. The predicted molar refractivity (Wildman–Crippen MR) is 107 cm³/mol. The highest BCUT2D eigenvalue weighted by atomic mass is 16.5. The van der Waals surface area contributed by atoms with Gasteiger partial charge in [0.2, 0.25) is 17.5 Å². The van der Waals surface area contributed by atoms with Crippen LogP contribution in [-0.4, -0.2) is 42.7 Å². The molecule has 0 saturated carbocycles. The average molecular weight is 374 g/mol. The summed E-state index contributed by atoms with van der Waals surface area (Å²) in [4.78, 5) is 6.73. The van der Waals surface area contributed by atoms with E-state index in [1.807, 2.05) is 48.5 Å². The molecule has 0 aliphatic carbocycles. The van der Waals surface area contributed by atoms with Crippen molar-refractivity contribution in [2.75, 3.05) is 38.2 Å². The fraction of sp³-hybridized carbons (Fsp3) is 0.273. The first-order valence-corrected chi connectivity index (χ1v) is 9.42. The van der Waals surface area contributed by atoms with Crippen molar-refractivity contribution >= 4 is 5.88 Å². The molecule has 2 aromatic carbocycles. The zero-order valence-electron chi connectivity index (χ0n) is 15.5. The minimum atomic E-state index is 0.155. The number of aromatic nitrogens is 1. The van der Waals surface area contributed by atoms with E-state index < -0.39 is 0 Å². The summed E-state index contributed by atoms with van der Waals surface area (Å²) in [6.45, 7) is 3.82. The highest BCUT2D eigenvalue weighted by Crippen LogP contribution is 2.27. The Bertz CT molecular complexity index is 928. The van der Waals surface area contributed by atoms with Gasteiger partial charge in [-0.05, 0) is 17.7 Å². The summed E-state index contributed by atoms with van der Waals surface area (Å²) >= 11 is 0. The molecule has 1 unspecified atom stereocenters. The summed E-state index contributed by atoms with van der Waals surface area (Å²) in [5.74, 6) is 0.859. The standard InChI is InChI=1S/C22H22N4O2/c23-15-19-22(28-21(25-19)18-9-5-2-6-10-18)24-16-20(17-7-3-1-4-8-17)26-11-13-27-14-12-26/h1-10,20,24H,11-14,16H2. The minimum Gasteiger partial charge on any atom is -0.419 e. The van der Waals surface area contributed by atoms with Gasteiger partial charge in [0.05, 0.1) is 19.3 Å². The van der Waals surface area contributed by atoms with Crippen LogP contribution in [0, 0.1) is 11.3 Å². The number of anilines is 1. The molecule has 1 aromatic heterocycles. The van der Waals surface area contributed by atoms with Gasteiger partial charge in [0.25, 0.3) is 0 Å². The van der Waals surface area contributed by atoms with Crippen molar-refractivity contribution in [3.8, 4) is 17.5 Å². The zero-order chi connectivity index (χ0) is 19.2. The number of hydrogen-bond donors (Lipinski definition) is 1. The van der Waals surface area contributed by atoms with Crippen LogP contribution in [0.5, 0.6) is 0 Å². The second-order valence-electron chi connectivity index (χ2n) is 6.63. The van der Waals surface area contributed by atoms with Gasteiger partial charge in [-0.3, -0.25) is 4.90 Å². The molecule has 6 nitrogen and oxygen atoms in total. The average Bonchev–Trinajstić information content (AvgIpc) is 3.19. The number of hydrogen-bond acceptors (Lipinski definition) is 6. The fourth-order valence-electron chi connectivity index (χ4n) is 3.43. The second kappa shape index (κ2) is 8.70. The van der Waals surface area contributed by atoms with Gasteiger partial charge in [0, 0.05) is 25.2 Å². The molecule has 1 atom stereocenters. The minimum absolute atomic E-state index is 0.155. The van der Waals surface area contributed by atoms with Gasteiger partial charge in [-0.25, -0.2) is 0 Å². The highest BCUT2D eigenvalue weighted by Gasteiger charge is 2.24. The maximum atomic E-state index is 9.47. The van der Waals surface area contributed by atoms with E-state index in [1.54, 1.807) is 0 Å². The SMILES string of the molecule is N#Cc1nc(-c2ccccc2)oc1NCC(c1ccccc1)N1CCOCC1. The first-order valence-electron chi connectivity index (χ1n) is 9.42. The van der Waals surface area contributed by atoms with E-state index in [9.17, 15) is 5.26 Å². The van der Waals surface area contributed by atoms with Gasteiger partial charge in [0.15, 0.2) is 0 Å². The van der Waals surface area contributed by atoms with Crippen molar-refractivity contribution in [2.24, 2.45) is 0 Å². The van der Waals surface area contributed by atoms with Gasteiger partial charge in [-0.15, -0.1) is 0 Å². The summed E-state index contributed by atoms with van der Waals surface area (Å²) < 4.78 is 11.4. The van der Waals surface area contributed by atoms with Gasteiger partial charge in [-0.2, -0.15) is 10.2 Å². The second-order valence-corrected chi connectivity index (χ2v) is 6.63. The number of oxazole rings is 1. The van der Waals surface area contributed by atoms with Crippen LogP contribution in [-0.2, 0) is 4.74 Å². The van der Waals surface area contributed by atoms with Crippen LogP contribution < -0.4 is 5.32 Å². The van der Waals surface area contributed by atoms with Gasteiger partial charge in [-0.1, -0.05) is 48.5 Å². The van der Waals surface area contributed by atoms with Crippen molar-refractivity contribution in [2.45, 2.75) is 6.04 Å². The third kappa shape index (κ3) is 4.06. The molecule has 142 valence electrons. The molecular weight excluding hydrogens is 352 g/mol. The molecule has 1 saturated heterocycles. The largest absolute Gasteiger partial charge is 0.419 e. The van der Waals surface area contributed by atoms with E-state index in [0.717, 1.165) is 31.9 Å². The Balaban J connectivity index is 1.55. The van der Waals surface area contributed by atoms with E-state index in [-0.39, 0.29) is 11.7 Å². The lowest BCUT2D eigenvalue weighted by molar-refractivity contribution is 0.0186. The molecule has 2 heterocycles. The third-order valence-corrected chi connectivity index (χ3v) is 4.88. The van der Waals surface area contributed by atoms with Crippen molar-refractivity contribution in [3.63, 3.8) is 0 Å². The van der Waals surface area contributed by atoms with Crippen LogP contribution in [0.4, 0.5) is 5.88 Å². The number of nitrogens with one attached hydrogen (secondary N) is 1. The molecule has 6 heteroatoms. The summed E-state index contributed by atoms with van der Waals surface area (Å²) in [6, 6.07) is 22.3. The van der Waals surface area contributed by atoms with E-state index in [1.165, 1.54) is 5.56 Å². The smallest absolute Gasteiger partial charge is 0.232 e. The molecule has 0 spiro atoms. The summed E-state index contributed by atoms with van der Waals surface area (Å²) in [7, 11) is 0. The van der Waals surface area contributed by atoms with Crippen LogP contribution in [0.1, 0.15) is 17.3 Å². The Labute approximate surface area is 164 Å². The van der Waals surface area contributed by atoms with Crippen LogP contribution in [0.25, 0.3) is 11.5 Å². The van der Waals surface area contributed by atoms with Crippen molar-refractivity contribution in [1.82, 2.24) is 9.88 Å². The van der Waals surface area contributed by atoms with E-state index >= 15 is 0 Å². The van der Waals surface area contributed by atoms with E-state index in [4.69, 9.17) is 9.15 Å². The van der Waals surface area contributed by atoms with Gasteiger partial charge >= 0.3 is 0 Å². The molecular formula is C22H22N4O2. The predicted octanol–water partition coefficient (Wildman–Crippen LogP) is 3.70. The first kappa shape index (κ1) is 18.2. The molecule has 28 heavy (non-hydrogen) atoms. The topological polar surface area (TPSA) is 74.3 Å². The maximum Gasteiger partial charge on any atom is 0.232 e. The Kier molecular flexibility index (Phi) is 5.66. The molecule has 0 amide bonds. The molecule has 0 bridgehead atoms. The normalized spacial score (nSPS) is 15.7. The molecule has 3 aromatic rings. The van der Waals surface area contributed by atoms with Crippen LogP contribution in [0.15, 0.2) is 65.1 Å². The number of ether oxygens (including phenoxy) is 1. The first-order chi connectivity index (χ1) is 13.8. The van der Waals surface area contributed by atoms with Crippen LogP contribution in [0.3, 0.4) is 0 Å². The highest BCUT2D eigenvalue weighted by molar-refractivity contribution is 5.58. The summed E-state index contributed by atoms with van der Waals surface area (Å²) in [5, 5.41) is 12.8. The number of benzene rings is 2. The number of rotatable bonds is 6. The monoisotopic (exact) mass is 374 g/mol. The van der Waals surface area contributed by atoms with Gasteiger partial charge < -0.3 is 14.5 Å². The lowest BCUT2D eigenvalue weighted by atomic mass is 10.0. The van der Waals surface area contributed by atoms with Gasteiger partial charge in [0.1, 0.15) is 6.07 Å². The Morgan fingerprint density at radius 2 is 1.71 bits per heavy atom. The lowest BCUT2D eigenvalue weighted by Crippen LogP contribution is -2.41. The quantitative estimate of drug-likeness (QED) is 0.709. The van der Waals surface area contributed by atoms with Crippen molar-refractivity contribution in [1.29, 1.82) is 5.26 Å². The Morgan fingerprint density at radius 3 is 2.39 bits per heavy atom. The molecule has 4 rings (SSSR count). The number of nitriles is 1. The maximum absolute atomic E-state index is 9.47. The van der Waals surface area contributed by atoms with E-state index in [2.05, 4.69) is 33.4 Å². The molecule has 1 aliphatic heterocycles. The molecule has 1 fully saturated rings. The Hall–Kier alpha value is -3.14. The molecule has 1 aliphatic rings. The summed E-state index contributed by atoms with van der Waals surface area (Å²) in [6.07, 6.45) is 0. The summed E-state index contributed by atoms with van der Waals surface area (Å²) in [5.41, 5.74) is 2.34. The third-order valence-electron chi connectivity index (χ3n) is 4.88. The van der Waals surface area contributed by atoms with Crippen LogP contribution in [0.2, 0.25) is 0 Å². The number of morpholine rings is 1. The van der Waals surface area contributed by atoms with Crippen LogP contribution >= 0.6 is 0 Å². The zero-order valence-corrected chi connectivity index (χ0v) is 15.5. The van der Waals surface area contributed by atoms with Crippen molar-refractivity contribution < 1.29 is 9.15 Å². The number of nitrogens with zero attached hydrogens (tertiary/aromatic N) is 3. The molecule has 1 N–H and O–H groups in total.